The molecule has 2 aromatic rings. The third kappa shape index (κ3) is 4.30. The fourth-order valence-corrected chi connectivity index (χ4v) is 2.19. The predicted octanol–water partition coefficient (Wildman–Crippen LogP) is 2.89. The zero-order valence-electron chi connectivity index (χ0n) is 11.2. The Balaban J connectivity index is 2.08. The fourth-order valence-electron chi connectivity index (χ4n) is 1.66. The van der Waals surface area contributed by atoms with Gasteiger partial charge in [-0.05, 0) is 37.3 Å². The molecule has 3 N–H and O–H groups in total. The van der Waals surface area contributed by atoms with Gasteiger partial charge in [0.2, 0.25) is 0 Å². The highest BCUT2D eigenvalue weighted by molar-refractivity contribution is 7.85. The van der Waals surface area contributed by atoms with Crippen molar-refractivity contribution in [2.75, 3.05) is 10.6 Å². The van der Waals surface area contributed by atoms with E-state index in [9.17, 15) is 13.2 Å². The number of hydrogen-bond acceptors (Lipinski definition) is 3. The van der Waals surface area contributed by atoms with Crippen molar-refractivity contribution in [1.29, 1.82) is 0 Å². The molecule has 0 spiro atoms. The van der Waals surface area contributed by atoms with Crippen molar-refractivity contribution in [3.8, 4) is 0 Å². The highest BCUT2D eigenvalue weighted by atomic mass is 32.2. The molecule has 0 aliphatic heterocycles. The first-order chi connectivity index (χ1) is 9.84. The van der Waals surface area contributed by atoms with Crippen molar-refractivity contribution < 1.29 is 17.8 Å². The first kappa shape index (κ1) is 15.0. The van der Waals surface area contributed by atoms with E-state index in [-0.39, 0.29) is 10.6 Å². The maximum Gasteiger partial charge on any atom is 0.323 e. The summed E-state index contributed by atoms with van der Waals surface area (Å²) in [6.45, 7) is 1.94. The van der Waals surface area contributed by atoms with Crippen LogP contribution in [0.15, 0.2) is 53.4 Å². The predicted molar refractivity (Wildman–Crippen MR) is 80.1 cm³/mol. The van der Waals surface area contributed by atoms with Gasteiger partial charge in [-0.25, -0.2) is 4.79 Å². The zero-order chi connectivity index (χ0) is 15.5. The standard InChI is InChI=1S/C14H14N2O4S/c1-10-5-7-11(8-6-10)15-14(17)16-12-3-2-4-13(9-12)21(18,19)20/h2-9H,1H3,(H2,15,16,17)(H,18,19,20). The normalized spacial score (nSPS) is 11.0. The van der Waals surface area contributed by atoms with Crippen LogP contribution < -0.4 is 10.6 Å². The van der Waals surface area contributed by atoms with Crippen LogP contribution in [-0.4, -0.2) is 19.0 Å². The van der Waals surface area contributed by atoms with Crippen LogP contribution in [0, 0.1) is 6.92 Å². The van der Waals surface area contributed by atoms with Gasteiger partial charge in [-0.3, -0.25) is 4.55 Å². The average molecular weight is 306 g/mol. The van der Waals surface area contributed by atoms with Crippen LogP contribution in [0.3, 0.4) is 0 Å². The van der Waals surface area contributed by atoms with Gasteiger partial charge in [0.25, 0.3) is 10.1 Å². The maximum atomic E-state index is 11.8. The first-order valence-corrected chi connectivity index (χ1v) is 7.51. The summed E-state index contributed by atoms with van der Waals surface area (Å²) >= 11 is 0. The molecular weight excluding hydrogens is 292 g/mol. The van der Waals surface area contributed by atoms with Gasteiger partial charge < -0.3 is 10.6 Å². The summed E-state index contributed by atoms with van der Waals surface area (Å²) < 4.78 is 31.0. The van der Waals surface area contributed by atoms with E-state index in [1.165, 1.54) is 24.3 Å². The molecule has 0 saturated carbocycles. The van der Waals surface area contributed by atoms with Crippen LogP contribution in [0.25, 0.3) is 0 Å². The summed E-state index contributed by atoms with van der Waals surface area (Å²) in [7, 11) is -4.30. The highest BCUT2D eigenvalue weighted by Gasteiger charge is 2.10. The molecule has 21 heavy (non-hydrogen) atoms. The van der Waals surface area contributed by atoms with Gasteiger partial charge in [-0.1, -0.05) is 23.8 Å². The molecule has 2 rings (SSSR count). The van der Waals surface area contributed by atoms with E-state index in [1.807, 2.05) is 19.1 Å². The van der Waals surface area contributed by atoms with Gasteiger partial charge in [-0.15, -0.1) is 0 Å². The Kier molecular flexibility index (Phi) is 4.25. The van der Waals surface area contributed by atoms with E-state index in [0.29, 0.717) is 5.69 Å². The van der Waals surface area contributed by atoms with Gasteiger partial charge in [0.15, 0.2) is 0 Å². The minimum absolute atomic E-state index is 0.259. The van der Waals surface area contributed by atoms with Crippen molar-refractivity contribution >= 4 is 27.5 Å². The third-order valence-electron chi connectivity index (χ3n) is 2.70. The van der Waals surface area contributed by atoms with Gasteiger partial charge in [-0.2, -0.15) is 8.42 Å². The molecule has 0 bridgehead atoms. The van der Waals surface area contributed by atoms with Crippen molar-refractivity contribution in [2.24, 2.45) is 0 Å². The van der Waals surface area contributed by atoms with Crippen LogP contribution in [-0.2, 0) is 10.1 Å². The molecule has 110 valence electrons. The summed E-state index contributed by atoms with van der Waals surface area (Å²) in [5.41, 5.74) is 1.94. The zero-order valence-corrected chi connectivity index (χ0v) is 12.0. The summed E-state index contributed by atoms with van der Waals surface area (Å²) in [4.78, 5) is 11.5. The molecule has 0 fully saturated rings. The minimum Gasteiger partial charge on any atom is -0.308 e. The quantitative estimate of drug-likeness (QED) is 0.760. The Morgan fingerprint density at radius 2 is 1.62 bits per heavy atom. The Labute approximate surface area is 122 Å². The molecule has 0 saturated heterocycles. The molecule has 0 atom stereocenters. The van der Waals surface area contributed by atoms with E-state index >= 15 is 0 Å². The highest BCUT2D eigenvalue weighted by Crippen LogP contribution is 2.16. The Morgan fingerprint density at radius 3 is 2.24 bits per heavy atom. The molecule has 6 nitrogen and oxygen atoms in total. The number of rotatable bonds is 3. The van der Waals surface area contributed by atoms with Crippen molar-refractivity contribution in [1.82, 2.24) is 0 Å². The van der Waals surface area contributed by atoms with E-state index < -0.39 is 16.1 Å². The van der Waals surface area contributed by atoms with Gasteiger partial charge >= 0.3 is 6.03 Å². The smallest absolute Gasteiger partial charge is 0.308 e. The molecule has 2 aromatic carbocycles. The number of amides is 2. The van der Waals surface area contributed by atoms with E-state index in [4.69, 9.17) is 4.55 Å². The molecular formula is C14H14N2O4S. The van der Waals surface area contributed by atoms with Gasteiger partial charge in [0, 0.05) is 11.4 Å². The van der Waals surface area contributed by atoms with Crippen LogP contribution in [0.2, 0.25) is 0 Å². The molecule has 0 aliphatic carbocycles. The largest absolute Gasteiger partial charge is 0.323 e. The van der Waals surface area contributed by atoms with E-state index in [1.54, 1.807) is 12.1 Å². The van der Waals surface area contributed by atoms with Gasteiger partial charge in [0.05, 0.1) is 4.90 Å². The fraction of sp³-hybridized carbons (Fsp3) is 0.0714. The van der Waals surface area contributed by atoms with E-state index in [2.05, 4.69) is 10.6 Å². The number of aryl methyl sites for hydroxylation is 1. The molecule has 0 radical (unpaired) electrons. The second-order valence-electron chi connectivity index (χ2n) is 4.45. The summed E-state index contributed by atoms with van der Waals surface area (Å²) in [5, 5.41) is 5.11. The number of carbonyl (C=O) groups is 1. The SMILES string of the molecule is Cc1ccc(NC(=O)Nc2cccc(S(=O)(=O)O)c2)cc1. The van der Waals surface area contributed by atoms with Crippen LogP contribution in [0.5, 0.6) is 0 Å². The molecule has 0 unspecified atom stereocenters. The summed E-state index contributed by atoms with van der Waals surface area (Å²) in [5.74, 6) is 0. The number of nitrogens with one attached hydrogen (secondary N) is 2. The number of hydrogen-bond donors (Lipinski definition) is 3. The summed E-state index contributed by atoms with van der Waals surface area (Å²) in [6.07, 6.45) is 0. The lowest BCUT2D eigenvalue weighted by atomic mass is 10.2. The second-order valence-corrected chi connectivity index (χ2v) is 5.87. The maximum absolute atomic E-state index is 11.8. The number of anilines is 2. The minimum atomic E-state index is -4.30. The Morgan fingerprint density at radius 1 is 1.00 bits per heavy atom. The lowest BCUT2D eigenvalue weighted by Crippen LogP contribution is -2.19. The van der Waals surface area contributed by atoms with Gasteiger partial charge in [0.1, 0.15) is 0 Å². The molecule has 0 heterocycles. The number of urea groups is 1. The molecule has 2 amide bonds. The van der Waals surface area contributed by atoms with Crippen molar-refractivity contribution in [3.05, 3.63) is 54.1 Å². The van der Waals surface area contributed by atoms with Crippen LogP contribution >= 0.6 is 0 Å². The van der Waals surface area contributed by atoms with Crippen molar-refractivity contribution in [2.45, 2.75) is 11.8 Å². The average Bonchev–Trinajstić information content (AvgIpc) is 2.41. The van der Waals surface area contributed by atoms with Crippen molar-refractivity contribution in [3.63, 3.8) is 0 Å². The van der Waals surface area contributed by atoms with Crippen LogP contribution in [0.4, 0.5) is 16.2 Å². The molecule has 0 aromatic heterocycles. The monoisotopic (exact) mass is 306 g/mol. The molecule has 7 heteroatoms. The third-order valence-corrected chi connectivity index (χ3v) is 3.55. The number of benzene rings is 2. The second kappa shape index (κ2) is 5.94. The molecule has 0 aliphatic rings. The first-order valence-electron chi connectivity index (χ1n) is 6.07. The number of carbonyl (C=O) groups excluding carboxylic acids is 1. The topological polar surface area (TPSA) is 95.5 Å². The lowest BCUT2D eigenvalue weighted by Gasteiger charge is -2.08. The Hall–Kier alpha value is -2.38. The Bertz CT molecular complexity index is 755. The van der Waals surface area contributed by atoms with E-state index in [0.717, 1.165) is 5.56 Å². The van der Waals surface area contributed by atoms with Crippen LogP contribution in [0.1, 0.15) is 5.56 Å². The lowest BCUT2D eigenvalue weighted by molar-refractivity contribution is 0.262. The summed E-state index contributed by atoms with van der Waals surface area (Å²) in [6, 6.07) is 12.1.